The van der Waals surface area contributed by atoms with Crippen LogP contribution in [0, 0.1) is 25.7 Å². The molecular weight excluding hydrogens is 410 g/mol. The third-order valence-corrected chi connectivity index (χ3v) is 8.29. The van der Waals surface area contributed by atoms with Gasteiger partial charge in [-0.2, -0.15) is 4.31 Å². The first-order chi connectivity index (χ1) is 14.6. The number of hydrogen-bond acceptors (Lipinski definition) is 4. The average Bonchev–Trinajstić information content (AvgIpc) is 2.74. The molecule has 31 heavy (non-hydrogen) atoms. The summed E-state index contributed by atoms with van der Waals surface area (Å²) in [5.41, 5.74) is 2.06. The maximum absolute atomic E-state index is 13.3. The van der Waals surface area contributed by atoms with Gasteiger partial charge in [0.2, 0.25) is 15.9 Å². The van der Waals surface area contributed by atoms with Gasteiger partial charge in [0.15, 0.2) is 0 Å². The molecule has 0 unspecified atom stereocenters. The van der Waals surface area contributed by atoms with Crippen molar-refractivity contribution in [2.24, 2.45) is 11.8 Å². The summed E-state index contributed by atoms with van der Waals surface area (Å²) in [4.78, 5) is 18.0. The largest absolute Gasteiger partial charge is 0.341 e. The van der Waals surface area contributed by atoms with Gasteiger partial charge in [0.25, 0.3) is 0 Å². The van der Waals surface area contributed by atoms with Crippen LogP contribution in [0.4, 0.5) is 0 Å². The normalized spacial score (nSPS) is 16.3. The molecule has 1 aromatic carbocycles. The fourth-order valence-corrected chi connectivity index (χ4v) is 5.71. The maximum Gasteiger partial charge on any atom is 0.243 e. The molecule has 0 aliphatic carbocycles. The lowest BCUT2D eigenvalue weighted by Gasteiger charge is -2.35. The summed E-state index contributed by atoms with van der Waals surface area (Å²) in [7, 11) is -3.52. The van der Waals surface area contributed by atoms with Crippen LogP contribution < -0.4 is 0 Å². The number of carbonyl (C=O) groups is 1. The van der Waals surface area contributed by atoms with E-state index in [9.17, 15) is 13.2 Å². The molecule has 0 N–H and O–H groups in total. The standard InChI is InChI=1S/C24H41N3O3S/c1-7-25(8-2)15-16-26(18-19(3)4)24(28)22-11-13-27(14-12-22)31(29,30)23-10-9-20(5)21(6)17-23/h9-10,17,19,22H,7-8,11-16,18H2,1-6H3. The highest BCUT2D eigenvalue weighted by atomic mass is 32.2. The molecule has 1 heterocycles. The van der Waals surface area contributed by atoms with Crippen LogP contribution in [0.3, 0.4) is 0 Å². The van der Waals surface area contributed by atoms with Crippen molar-refractivity contribution in [1.29, 1.82) is 0 Å². The number of rotatable bonds is 10. The topological polar surface area (TPSA) is 60.9 Å². The molecule has 1 aliphatic heterocycles. The smallest absolute Gasteiger partial charge is 0.243 e. The van der Waals surface area contributed by atoms with Crippen LogP contribution >= 0.6 is 0 Å². The van der Waals surface area contributed by atoms with Crippen molar-refractivity contribution < 1.29 is 13.2 Å². The van der Waals surface area contributed by atoms with Crippen molar-refractivity contribution in [3.05, 3.63) is 29.3 Å². The molecule has 1 amide bonds. The van der Waals surface area contributed by atoms with E-state index in [0.717, 1.165) is 43.9 Å². The Morgan fingerprint density at radius 3 is 2.19 bits per heavy atom. The minimum atomic E-state index is -3.52. The highest BCUT2D eigenvalue weighted by Gasteiger charge is 2.34. The Hall–Kier alpha value is -1.44. The average molecular weight is 452 g/mol. The fourth-order valence-electron chi connectivity index (χ4n) is 4.16. The minimum absolute atomic E-state index is 0.0957. The number of aryl methyl sites for hydroxylation is 2. The van der Waals surface area contributed by atoms with Crippen LogP contribution in [-0.4, -0.2) is 74.2 Å². The van der Waals surface area contributed by atoms with Gasteiger partial charge in [0, 0.05) is 38.6 Å². The number of likely N-dealkylation sites (N-methyl/N-ethyl adjacent to an activating group) is 1. The molecule has 0 bridgehead atoms. The number of carbonyl (C=O) groups excluding carboxylic acids is 1. The number of piperidine rings is 1. The summed E-state index contributed by atoms with van der Waals surface area (Å²) in [5, 5.41) is 0. The van der Waals surface area contributed by atoms with Crippen molar-refractivity contribution in [2.75, 3.05) is 45.8 Å². The van der Waals surface area contributed by atoms with Crippen molar-refractivity contribution in [1.82, 2.24) is 14.1 Å². The fraction of sp³-hybridized carbons (Fsp3) is 0.708. The van der Waals surface area contributed by atoms with Gasteiger partial charge in [0.1, 0.15) is 0 Å². The number of sulfonamides is 1. The van der Waals surface area contributed by atoms with E-state index >= 15 is 0 Å². The summed E-state index contributed by atoms with van der Waals surface area (Å²) < 4.78 is 27.7. The van der Waals surface area contributed by atoms with Crippen LogP contribution in [0.25, 0.3) is 0 Å². The van der Waals surface area contributed by atoms with Crippen molar-refractivity contribution in [3.8, 4) is 0 Å². The lowest BCUT2D eigenvalue weighted by molar-refractivity contribution is -0.137. The third-order valence-electron chi connectivity index (χ3n) is 6.40. The Kier molecular flexibility index (Phi) is 9.52. The predicted molar refractivity (Wildman–Crippen MR) is 127 cm³/mol. The number of benzene rings is 1. The Morgan fingerprint density at radius 2 is 1.68 bits per heavy atom. The molecule has 6 nitrogen and oxygen atoms in total. The molecular formula is C24H41N3O3S. The molecule has 1 saturated heterocycles. The Bertz CT molecular complexity index is 826. The zero-order chi connectivity index (χ0) is 23.2. The number of amides is 1. The quantitative estimate of drug-likeness (QED) is 0.546. The Labute approximate surface area is 189 Å². The zero-order valence-electron chi connectivity index (χ0n) is 20.2. The van der Waals surface area contributed by atoms with E-state index in [1.54, 1.807) is 16.4 Å². The van der Waals surface area contributed by atoms with Gasteiger partial charge in [-0.05, 0) is 69.0 Å². The molecule has 0 radical (unpaired) electrons. The van der Waals surface area contributed by atoms with Crippen LogP contribution in [0.5, 0.6) is 0 Å². The van der Waals surface area contributed by atoms with Gasteiger partial charge in [-0.15, -0.1) is 0 Å². The van der Waals surface area contributed by atoms with Gasteiger partial charge in [0.05, 0.1) is 4.90 Å². The molecule has 7 heteroatoms. The first-order valence-electron chi connectivity index (χ1n) is 11.7. The highest BCUT2D eigenvalue weighted by Crippen LogP contribution is 2.26. The van der Waals surface area contributed by atoms with E-state index in [4.69, 9.17) is 0 Å². The van der Waals surface area contributed by atoms with Gasteiger partial charge in [-0.25, -0.2) is 8.42 Å². The highest BCUT2D eigenvalue weighted by molar-refractivity contribution is 7.89. The third kappa shape index (κ3) is 6.77. The van der Waals surface area contributed by atoms with Gasteiger partial charge in [-0.3, -0.25) is 4.79 Å². The number of hydrogen-bond donors (Lipinski definition) is 0. The number of nitrogens with zero attached hydrogens (tertiary/aromatic N) is 3. The molecule has 1 fully saturated rings. The lowest BCUT2D eigenvalue weighted by Crippen LogP contribution is -2.47. The second-order valence-electron chi connectivity index (χ2n) is 9.13. The Balaban J connectivity index is 2.03. The van der Waals surface area contributed by atoms with Crippen LogP contribution in [-0.2, 0) is 14.8 Å². The monoisotopic (exact) mass is 451 g/mol. The molecule has 0 atom stereocenters. The lowest BCUT2D eigenvalue weighted by atomic mass is 9.96. The van der Waals surface area contributed by atoms with E-state index < -0.39 is 10.0 Å². The summed E-state index contributed by atoms with van der Waals surface area (Å²) in [6.07, 6.45) is 1.17. The Morgan fingerprint density at radius 1 is 1.06 bits per heavy atom. The van der Waals surface area contributed by atoms with Gasteiger partial charge < -0.3 is 9.80 Å². The molecule has 0 spiro atoms. The van der Waals surface area contributed by atoms with E-state index in [-0.39, 0.29) is 11.8 Å². The summed E-state index contributed by atoms with van der Waals surface area (Å²) in [5.74, 6) is 0.497. The molecule has 176 valence electrons. The molecule has 0 saturated carbocycles. The van der Waals surface area contributed by atoms with E-state index in [0.29, 0.717) is 36.7 Å². The second kappa shape index (κ2) is 11.4. The maximum atomic E-state index is 13.3. The van der Waals surface area contributed by atoms with Gasteiger partial charge in [-0.1, -0.05) is 33.8 Å². The van der Waals surface area contributed by atoms with E-state index in [2.05, 4.69) is 32.6 Å². The van der Waals surface area contributed by atoms with E-state index in [1.807, 2.05) is 24.8 Å². The van der Waals surface area contributed by atoms with Crippen molar-refractivity contribution in [2.45, 2.75) is 59.3 Å². The summed E-state index contributed by atoms with van der Waals surface area (Å²) in [6, 6.07) is 5.30. The van der Waals surface area contributed by atoms with Crippen molar-refractivity contribution >= 4 is 15.9 Å². The van der Waals surface area contributed by atoms with Gasteiger partial charge >= 0.3 is 0 Å². The summed E-state index contributed by atoms with van der Waals surface area (Å²) >= 11 is 0. The minimum Gasteiger partial charge on any atom is -0.341 e. The first-order valence-corrected chi connectivity index (χ1v) is 13.1. The molecule has 1 aliphatic rings. The molecule has 0 aromatic heterocycles. The van der Waals surface area contributed by atoms with E-state index in [1.165, 1.54) is 0 Å². The SMILES string of the molecule is CCN(CC)CCN(CC(C)C)C(=O)C1CCN(S(=O)(=O)c2ccc(C)c(C)c2)CC1. The first kappa shape index (κ1) is 25.8. The van der Waals surface area contributed by atoms with Crippen LogP contribution in [0.2, 0.25) is 0 Å². The molecule has 2 rings (SSSR count). The van der Waals surface area contributed by atoms with Crippen LogP contribution in [0.15, 0.2) is 23.1 Å². The summed E-state index contributed by atoms with van der Waals surface area (Å²) in [6.45, 7) is 17.6. The molecule has 1 aromatic rings. The zero-order valence-corrected chi connectivity index (χ0v) is 21.0. The van der Waals surface area contributed by atoms with Crippen LogP contribution in [0.1, 0.15) is 51.7 Å². The predicted octanol–water partition coefficient (Wildman–Crippen LogP) is 3.53. The van der Waals surface area contributed by atoms with Crippen molar-refractivity contribution in [3.63, 3.8) is 0 Å². The second-order valence-corrected chi connectivity index (χ2v) is 11.1.